The van der Waals surface area contributed by atoms with Gasteiger partial charge < -0.3 is 9.47 Å². The lowest BCUT2D eigenvalue weighted by Crippen LogP contribution is -2.15. The molecule has 3 rings (SSSR count). The number of rotatable bonds is 5. The highest BCUT2D eigenvalue weighted by molar-refractivity contribution is 7.92. The number of methoxy groups -OCH3 is 2. The molecular weight excluding hydrogens is 358 g/mol. The molecule has 0 unspecified atom stereocenters. The van der Waals surface area contributed by atoms with E-state index in [0.29, 0.717) is 17.0 Å². The number of fused-ring (bicyclic) bond motifs is 1. The second-order valence-electron chi connectivity index (χ2n) is 5.37. The van der Waals surface area contributed by atoms with E-state index in [0.717, 1.165) is 5.39 Å². The van der Waals surface area contributed by atoms with E-state index < -0.39 is 10.0 Å². The zero-order valence-electron chi connectivity index (χ0n) is 14.3. The Bertz CT molecular complexity index is 1070. The fourth-order valence-electron chi connectivity index (χ4n) is 2.49. The lowest BCUT2D eigenvalue weighted by molar-refractivity contribution is 0.399. The minimum Gasteiger partial charge on any atom is -0.494 e. The van der Waals surface area contributed by atoms with E-state index in [1.54, 1.807) is 30.1 Å². The average Bonchev–Trinajstić information content (AvgIpc) is 3.02. The molecule has 9 nitrogen and oxygen atoms in total. The summed E-state index contributed by atoms with van der Waals surface area (Å²) in [4.78, 5) is 3.90. The Labute approximate surface area is 150 Å². The summed E-state index contributed by atoms with van der Waals surface area (Å²) in [5.41, 5.74) is 1.12. The van der Waals surface area contributed by atoms with Crippen LogP contribution < -0.4 is 9.46 Å². The number of hydrogen-bond acceptors (Lipinski definition) is 7. The van der Waals surface area contributed by atoms with Crippen LogP contribution in [-0.4, -0.2) is 43.3 Å². The quantitative estimate of drug-likeness (QED) is 0.518. The normalized spacial score (nSPS) is 11.3. The molecule has 0 aliphatic rings. The predicted octanol–water partition coefficient (Wildman–Crippen LogP) is 1.75. The van der Waals surface area contributed by atoms with E-state index in [1.807, 2.05) is 0 Å². The molecule has 0 spiro atoms. The first-order valence-electron chi connectivity index (χ1n) is 7.48. The first-order chi connectivity index (χ1) is 12.4. The van der Waals surface area contributed by atoms with Crippen LogP contribution in [0.2, 0.25) is 0 Å². The molecule has 0 atom stereocenters. The number of sulfonamides is 1. The molecule has 0 aliphatic heterocycles. The first-order valence-corrected chi connectivity index (χ1v) is 8.96. The van der Waals surface area contributed by atoms with Crippen molar-refractivity contribution in [2.24, 2.45) is 7.05 Å². The van der Waals surface area contributed by atoms with Gasteiger partial charge in [0.25, 0.3) is 10.0 Å². The van der Waals surface area contributed by atoms with Crippen molar-refractivity contribution in [3.63, 3.8) is 0 Å². The molecule has 26 heavy (non-hydrogen) atoms. The second kappa shape index (κ2) is 6.64. The summed E-state index contributed by atoms with van der Waals surface area (Å²) in [6.45, 7) is 0. The van der Waals surface area contributed by atoms with Crippen molar-refractivity contribution in [2.75, 3.05) is 18.9 Å². The van der Waals surface area contributed by atoms with Gasteiger partial charge in [-0.25, -0.2) is 13.4 Å². The number of aryl methyl sites for hydroxylation is 1. The van der Waals surface area contributed by atoms with Crippen LogP contribution in [0.4, 0.5) is 5.69 Å². The highest BCUT2D eigenvalue weighted by Gasteiger charge is 2.21. The Morgan fingerprint density at radius 1 is 1.19 bits per heavy atom. The molecule has 0 bridgehead atoms. The van der Waals surface area contributed by atoms with Gasteiger partial charge in [0.1, 0.15) is 22.0 Å². The molecule has 2 N–H and O–H groups in total. The molecule has 2 heterocycles. The second-order valence-corrected chi connectivity index (χ2v) is 7.05. The monoisotopic (exact) mass is 375 g/mol. The van der Waals surface area contributed by atoms with E-state index in [2.05, 4.69) is 14.8 Å². The van der Waals surface area contributed by atoms with Gasteiger partial charge in [0.05, 0.1) is 25.9 Å². The average molecular weight is 375 g/mol. The van der Waals surface area contributed by atoms with Crippen molar-refractivity contribution in [1.29, 1.82) is 5.41 Å². The Balaban J connectivity index is 2.04. The van der Waals surface area contributed by atoms with Gasteiger partial charge in [-0.1, -0.05) is 0 Å². The number of nitrogens with zero attached hydrogens (tertiary/aromatic N) is 3. The molecule has 0 amide bonds. The minimum atomic E-state index is -3.93. The number of anilines is 1. The van der Waals surface area contributed by atoms with Crippen molar-refractivity contribution in [2.45, 2.75) is 4.90 Å². The molecule has 136 valence electrons. The van der Waals surface area contributed by atoms with E-state index in [4.69, 9.17) is 14.9 Å². The zero-order chi connectivity index (χ0) is 18.9. The van der Waals surface area contributed by atoms with Gasteiger partial charge in [0.2, 0.25) is 5.90 Å². The fourth-order valence-corrected chi connectivity index (χ4v) is 3.51. The van der Waals surface area contributed by atoms with Crippen LogP contribution in [-0.2, 0) is 21.8 Å². The van der Waals surface area contributed by atoms with Crippen molar-refractivity contribution < 1.29 is 17.9 Å². The summed E-state index contributed by atoms with van der Waals surface area (Å²) in [6, 6.07) is 6.23. The summed E-state index contributed by atoms with van der Waals surface area (Å²) >= 11 is 0. The molecule has 0 aliphatic carbocycles. The van der Waals surface area contributed by atoms with E-state index >= 15 is 0 Å². The summed E-state index contributed by atoms with van der Waals surface area (Å²) in [5.74, 6) is 0.221. The zero-order valence-corrected chi connectivity index (χ0v) is 15.2. The molecule has 3 aromatic rings. The molecule has 0 saturated heterocycles. The highest BCUT2D eigenvalue weighted by atomic mass is 32.2. The summed E-state index contributed by atoms with van der Waals surface area (Å²) in [7, 11) is 0.593. The van der Waals surface area contributed by atoms with Crippen molar-refractivity contribution in [1.82, 2.24) is 14.8 Å². The topological polar surface area (TPSA) is 119 Å². The summed E-state index contributed by atoms with van der Waals surface area (Å²) in [6.07, 6.45) is 2.81. The lowest BCUT2D eigenvalue weighted by atomic mass is 10.2. The van der Waals surface area contributed by atoms with Gasteiger partial charge in [-0.05, 0) is 24.3 Å². The summed E-state index contributed by atoms with van der Waals surface area (Å²) < 4.78 is 39.7. The molecule has 2 aromatic heterocycles. The van der Waals surface area contributed by atoms with E-state index in [9.17, 15) is 8.42 Å². The van der Waals surface area contributed by atoms with Gasteiger partial charge in [0.15, 0.2) is 0 Å². The Hall–Kier alpha value is -3.14. The Morgan fingerprint density at radius 2 is 1.96 bits per heavy atom. The van der Waals surface area contributed by atoms with Crippen LogP contribution in [0.5, 0.6) is 5.75 Å². The summed E-state index contributed by atoms with van der Waals surface area (Å²) in [5, 5.41) is 12.5. The maximum absolute atomic E-state index is 12.8. The Morgan fingerprint density at radius 3 is 2.58 bits per heavy atom. The SMILES string of the molecule is COC(=N)c1ccc(S(=O)(=O)Nc2c(OC)ccc3cnn(C)c23)cn1. The largest absolute Gasteiger partial charge is 0.494 e. The lowest BCUT2D eigenvalue weighted by Gasteiger charge is -2.14. The molecule has 0 fully saturated rings. The minimum absolute atomic E-state index is 0.0497. The van der Waals surface area contributed by atoms with Gasteiger partial charge >= 0.3 is 0 Å². The first kappa shape index (κ1) is 17.7. The number of pyridine rings is 1. The Kier molecular flexibility index (Phi) is 4.51. The van der Waals surface area contributed by atoms with Crippen LogP contribution in [0, 0.1) is 5.41 Å². The fraction of sp³-hybridized carbons (Fsp3) is 0.188. The molecule has 0 saturated carbocycles. The molecule has 0 radical (unpaired) electrons. The standard InChI is InChI=1S/C16H17N5O4S/c1-21-15-10(8-19-21)4-7-13(24-2)14(15)20-26(22,23)11-5-6-12(18-9-11)16(17)25-3/h4-9,17,20H,1-3H3. The molecular formula is C16H17N5O4S. The van der Waals surface area contributed by atoms with Crippen LogP contribution in [0.15, 0.2) is 41.6 Å². The van der Waals surface area contributed by atoms with Crippen LogP contribution >= 0.6 is 0 Å². The van der Waals surface area contributed by atoms with Crippen molar-refractivity contribution in [3.8, 4) is 5.75 Å². The predicted molar refractivity (Wildman–Crippen MR) is 96.1 cm³/mol. The molecule has 1 aromatic carbocycles. The third-order valence-corrected chi connectivity index (χ3v) is 5.14. The van der Waals surface area contributed by atoms with Crippen LogP contribution in [0.25, 0.3) is 10.9 Å². The number of ether oxygens (including phenoxy) is 2. The van der Waals surface area contributed by atoms with Crippen LogP contribution in [0.1, 0.15) is 5.69 Å². The van der Waals surface area contributed by atoms with Crippen molar-refractivity contribution in [3.05, 3.63) is 42.4 Å². The van der Waals surface area contributed by atoms with Crippen molar-refractivity contribution >= 4 is 32.5 Å². The van der Waals surface area contributed by atoms with Gasteiger partial charge in [-0.2, -0.15) is 5.10 Å². The maximum atomic E-state index is 12.8. The van der Waals surface area contributed by atoms with Gasteiger partial charge in [-0.3, -0.25) is 14.8 Å². The van der Waals surface area contributed by atoms with Gasteiger partial charge in [-0.15, -0.1) is 0 Å². The number of nitrogens with one attached hydrogen (secondary N) is 2. The smallest absolute Gasteiger partial charge is 0.263 e. The maximum Gasteiger partial charge on any atom is 0.263 e. The van der Waals surface area contributed by atoms with E-state index in [-0.39, 0.29) is 16.5 Å². The third kappa shape index (κ3) is 3.06. The number of aromatic nitrogens is 3. The van der Waals surface area contributed by atoms with E-state index in [1.165, 1.54) is 32.5 Å². The highest BCUT2D eigenvalue weighted by Crippen LogP contribution is 2.34. The number of benzene rings is 1. The van der Waals surface area contributed by atoms with Gasteiger partial charge in [0, 0.05) is 18.6 Å². The molecule has 10 heteroatoms. The van der Waals surface area contributed by atoms with Crippen LogP contribution in [0.3, 0.4) is 0 Å². The number of hydrogen-bond donors (Lipinski definition) is 2. The third-order valence-electron chi connectivity index (χ3n) is 3.80.